The van der Waals surface area contributed by atoms with Crippen molar-refractivity contribution in [3.05, 3.63) is 47.0 Å². The van der Waals surface area contributed by atoms with E-state index < -0.39 is 5.97 Å². The van der Waals surface area contributed by atoms with Gasteiger partial charge >= 0.3 is 5.97 Å². The summed E-state index contributed by atoms with van der Waals surface area (Å²) in [7, 11) is 0. The van der Waals surface area contributed by atoms with Crippen LogP contribution in [0.3, 0.4) is 0 Å². The minimum Gasteiger partial charge on any atom is -0.478 e. The average Bonchev–Trinajstić information content (AvgIpc) is 2.96. The number of H-pyrrole nitrogens is 1. The van der Waals surface area contributed by atoms with Gasteiger partial charge in [0.15, 0.2) is 0 Å². The van der Waals surface area contributed by atoms with Crippen LogP contribution >= 0.6 is 0 Å². The molecule has 0 aliphatic heterocycles. The van der Waals surface area contributed by atoms with Crippen molar-refractivity contribution in [2.75, 3.05) is 6.54 Å². The Morgan fingerprint density at radius 1 is 1.38 bits per heavy atom. The Bertz CT molecular complexity index is 651. The molecule has 0 aliphatic carbocycles. The van der Waals surface area contributed by atoms with Crippen LogP contribution in [-0.4, -0.2) is 38.7 Å². The van der Waals surface area contributed by atoms with Crippen molar-refractivity contribution >= 4 is 11.9 Å². The highest BCUT2D eigenvalue weighted by Gasteiger charge is 2.11. The zero-order chi connectivity index (χ0) is 15.2. The largest absolute Gasteiger partial charge is 0.478 e. The van der Waals surface area contributed by atoms with E-state index in [1.165, 1.54) is 6.07 Å². The number of carboxylic acids is 1. The number of benzene rings is 1. The quantitative estimate of drug-likeness (QED) is 0.736. The van der Waals surface area contributed by atoms with Crippen molar-refractivity contribution in [2.24, 2.45) is 0 Å². The maximum atomic E-state index is 11.8. The topological polar surface area (TPSA) is 108 Å². The maximum Gasteiger partial charge on any atom is 0.335 e. The van der Waals surface area contributed by atoms with Crippen LogP contribution in [0, 0.1) is 0 Å². The number of amides is 1. The molecule has 0 spiro atoms. The molecule has 1 heterocycles. The Balaban J connectivity index is 1.87. The van der Waals surface area contributed by atoms with Crippen LogP contribution < -0.4 is 5.32 Å². The Morgan fingerprint density at radius 3 is 2.86 bits per heavy atom. The lowest BCUT2D eigenvalue weighted by Gasteiger charge is -2.04. The van der Waals surface area contributed by atoms with Crippen LogP contribution in [0.15, 0.2) is 24.3 Å². The molecule has 21 heavy (non-hydrogen) atoms. The molecule has 0 fully saturated rings. The van der Waals surface area contributed by atoms with Crippen molar-refractivity contribution < 1.29 is 14.7 Å². The maximum absolute atomic E-state index is 11.8. The van der Waals surface area contributed by atoms with Gasteiger partial charge in [0.25, 0.3) is 5.91 Å². The average molecular weight is 288 g/mol. The fraction of sp³-hybridized carbons (Fsp3) is 0.286. The van der Waals surface area contributed by atoms with Crippen LogP contribution in [0.1, 0.15) is 39.3 Å². The summed E-state index contributed by atoms with van der Waals surface area (Å²) < 4.78 is 0. The highest BCUT2D eigenvalue weighted by molar-refractivity contribution is 5.90. The molecule has 1 aromatic carbocycles. The molecule has 0 unspecified atom stereocenters. The number of hydrogen-bond acceptors (Lipinski definition) is 4. The summed E-state index contributed by atoms with van der Waals surface area (Å²) in [5.74, 6) is -0.533. The van der Waals surface area contributed by atoms with Crippen molar-refractivity contribution in [1.82, 2.24) is 20.5 Å². The number of carbonyl (C=O) groups excluding carboxylic acids is 1. The highest BCUT2D eigenvalue weighted by Crippen LogP contribution is 2.05. The third kappa shape index (κ3) is 3.88. The predicted octanol–water partition coefficient (Wildman–Crippen LogP) is 1.04. The Morgan fingerprint density at radius 2 is 2.19 bits per heavy atom. The molecule has 2 rings (SSSR count). The van der Waals surface area contributed by atoms with E-state index in [9.17, 15) is 9.59 Å². The van der Waals surface area contributed by atoms with E-state index in [0.29, 0.717) is 25.2 Å². The standard InChI is InChI=1S/C14H16N4O3/c1-2-11-16-12(18-17-11)13(19)15-7-6-9-4-3-5-10(8-9)14(20)21/h3-5,8H,2,6-7H2,1H3,(H,15,19)(H,20,21)(H,16,17,18). The number of rotatable bonds is 6. The van der Waals surface area contributed by atoms with E-state index in [1.807, 2.05) is 13.0 Å². The summed E-state index contributed by atoms with van der Waals surface area (Å²) in [4.78, 5) is 26.7. The first kappa shape index (κ1) is 14.7. The number of aromatic nitrogens is 3. The third-order valence-corrected chi connectivity index (χ3v) is 2.94. The molecular weight excluding hydrogens is 272 g/mol. The smallest absolute Gasteiger partial charge is 0.335 e. The van der Waals surface area contributed by atoms with E-state index in [4.69, 9.17) is 5.11 Å². The Kier molecular flexibility index (Phi) is 4.65. The molecule has 0 bridgehead atoms. The molecule has 1 aromatic heterocycles. The lowest BCUT2D eigenvalue weighted by molar-refractivity contribution is 0.0696. The Hall–Kier alpha value is -2.70. The van der Waals surface area contributed by atoms with Gasteiger partial charge in [-0.15, -0.1) is 5.10 Å². The molecule has 0 saturated heterocycles. The van der Waals surface area contributed by atoms with Gasteiger partial charge in [-0.25, -0.2) is 9.78 Å². The lowest BCUT2D eigenvalue weighted by atomic mass is 10.1. The SMILES string of the molecule is CCc1nc(C(=O)NCCc2cccc(C(=O)O)c2)n[nH]1. The second kappa shape index (κ2) is 6.65. The molecule has 7 heteroatoms. The zero-order valence-corrected chi connectivity index (χ0v) is 11.6. The van der Waals surface area contributed by atoms with Crippen molar-refractivity contribution in [3.8, 4) is 0 Å². The van der Waals surface area contributed by atoms with Crippen LogP contribution in [0.25, 0.3) is 0 Å². The highest BCUT2D eigenvalue weighted by atomic mass is 16.4. The second-order valence-corrected chi connectivity index (χ2v) is 4.47. The third-order valence-electron chi connectivity index (χ3n) is 2.94. The minimum absolute atomic E-state index is 0.117. The van der Waals surface area contributed by atoms with Crippen LogP contribution in [0.5, 0.6) is 0 Å². The fourth-order valence-electron chi connectivity index (χ4n) is 1.81. The van der Waals surface area contributed by atoms with Gasteiger partial charge in [0.2, 0.25) is 5.82 Å². The second-order valence-electron chi connectivity index (χ2n) is 4.47. The molecule has 1 amide bonds. The van der Waals surface area contributed by atoms with Gasteiger partial charge in [0, 0.05) is 13.0 Å². The van der Waals surface area contributed by atoms with Gasteiger partial charge in [0.05, 0.1) is 5.56 Å². The van der Waals surface area contributed by atoms with E-state index in [-0.39, 0.29) is 17.3 Å². The molecule has 3 N–H and O–H groups in total. The summed E-state index contributed by atoms with van der Waals surface area (Å²) in [6.45, 7) is 2.30. The predicted molar refractivity (Wildman–Crippen MR) is 75.2 cm³/mol. The number of hydrogen-bond donors (Lipinski definition) is 3. The van der Waals surface area contributed by atoms with Gasteiger partial charge in [-0.1, -0.05) is 19.1 Å². The van der Waals surface area contributed by atoms with Crippen LogP contribution in [-0.2, 0) is 12.8 Å². The molecule has 2 aromatic rings. The molecule has 7 nitrogen and oxygen atoms in total. The molecule has 110 valence electrons. The van der Waals surface area contributed by atoms with Gasteiger partial charge in [-0.2, -0.15) is 0 Å². The number of aryl methyl sites for hydroxylation is 1. The van der Waals surface area contributed by atoms with Crippen molar-refractivity contribution in [3.63, 3.8) is 0 Å². The van der Waals surface area contributed by atoms with Crippen LogP contribution in [0.4, 0.5) is 0 Å². The Labute approximate surface area is 121 Å². The summed E-state index contributed by atoms with van der Waals surface area (Å²) >= 11 is 0. The van der Waals surface area contributed by atoms with Crippen molar-refractivity contribution in [1.29, 1.82) is 0 Å². The van der Waals surface area contributed by atoms with E-state index in [1.54, 1.807) is 12.1 Å². The van der Waals surface area contributed by atoms with Gasteiger partial charge in [-0.3, -0.25) is 9.89 Å². The molecule has 0 atom stereocenters. The van der Waals surface area contributed by atoms with Crippen molar-refractivity contribution in [2.45, 2.75) is 19.8 Å². The first-order chi connectivity index (χ1) is 10.1. The molecular formula is C14H16N4O3. The van der Waals surface area contributed by atoms with E-state index in [2.05, 4.69) is 20.5 Å². The number of carbonyl (C=O) groups is 2. The lowest BCUT2D eigenvalue weighted by Crippen LogP contribution is -2.26. The van der Waals surface area contributed by atoms with E-state index in [0.717, 1.165) is 5.56 Å². The molecule has 0 aliphatic rings. The fourth-order valence-corrected chi connectivity index (χ4v) is 1.81. The number of carboxylic acid groups (broad SMARTS) is 1. The molecule has 0 radical (unpaired) electrons. The summed E-state index contributed by atoms with van der Waals surface area (Å²) in [6.07, 6.45) is 1.22. The van der Waals surface area contributed by atoms with Gasteiger partial charge < -0.3 is 10.4 Å². The first-order valence-corrected chi connectivity index (χ1v) is 6.62. The van der Waals surface area contributed by atoms with Gasteiger partial charge in [-0.05, 0) is 24.1 Å². The number of nitrogens with one attached hydrogen (secondary N) is 2. The summed E-state index contributed by atoms with van der Waals surface area (Å²) in [5.41, 5.74) is 1.08. The molecule has 0 saturated carbocycles. The number of aromatic carboxylic acids is 1. The van der Waals surface area contributed by atoms with Gasteiger partial charge in [0.1, 0.15) is 5.82 Å². The minimum atomic E-state index is -0.964. The zero-order valence-electron chi connectivity index (χ0n) is 11.6. The number of aromatic amines is 1. The monoisotopic (exact) mass is 288 g/mol. The van der Waals surface area contributed by atoms with Crippen LogP contribution in [0.2, 0.25) is 0 Å². The number of nitrogens with zero attached hydrogens (tertiary/aromatic N) is 2. The first-order valence-electron chi connectivity index (χ1n) is 6.62. The van der Waals surface area contributed by atoms with E-state index >= 15 is 0 Å². The summed E-state index contributed by atoms with van der Waals surface area (Å²) in [6, 6.07) is 6.63. The summed E-state index contributed by atoms with van der Waals surface area (Å²) in [5, 5.41) is 18.1. The normalized spacial score (nSPS) is 10.3.